The maximum atomic E-state index is 6.04. The predicted octanol–water partition coefficient (Wildman–Crippen LogP) is 2.55. The number of benzene rings is 1. The third-order valence-corrected chi connectivity index (χ3v) is 3.03. The Bertz CT molecular complexity index is 352. The zero-order chi connectivity index (χ0) is 13.4. The molecule has 3 nitrogen and oxygen atoms in total. The topological polar surface area (TPSA) is 44.5 Å². The highest BCUT2D eigenvalue weighted by Crippen LogP contribution is 2.22. The molecule has 1 atom stereocenters. The zero-order valence-electron chi connectivity index (χ0n) is 11.7. The molecule has 0 aromatic heterocycles. The van der Waals surface area contributed by atoms with E-state index in [1.807, 2.05) is 13.0 Å². The summed E-state index contributed by atoms with van der Waals surface area (Å²) in [5, 5.41) is 0. The Morgan fingerprint density at radius 1 is 1.28 bits per heavy atom. The summed E-state index contributed by atoms with van der Waals surface area (Å²) in [7, 11) is 1.72. The van der Waals surface area contributed by atoms with Gasteiger partial charge in [0.25, 0.3) is 0 Å². The molecule has 0 bridgehead atoms. The number of hydrogen-bond acceptors (Lipinski definition) is 3. The SMILES string of the molecule is CCOc1ccc(CCOC)cc1CC(N)CC. The Kier molecular flexibility index (Phi) is 6.76. The van der Waals surface area contributed by atoms with Gasteiger partial charge in [0.05, 0.1) is 13.2 Å². The molecular formula is C15H25NO2. The summed E-state index contributed by atoms with van der Waals surface area (Å²) in [5.74, 6) is 0.961. The molecule has 0 spiro atoms. The molecule has 102 valence electrons. The number of nitrogens with two attached hydrogens (primary N) is 1. The van der Waals surface area contributed by atoms with Crippen LogP contribution in [0.15, 0.2) is 18.2 Å². The van der Waals surface area contributed by atoms with Gasteiger partial charge < -0.3 is 15.2 Å². The van der Waals surface area contributed by atoms with Gasteiger partial charge in [0.2, 0.25) is 0 Å². The quantitative estimate of drug-likeness (QED) is 0.772. The predicted molar refractivity (Wildman–Crippen MR) is 75.2 cm³/mol. The second-order valence-corrected chi connectivity index (χ2v) is 4.49. The van der Waals surface area contributed by atoms with Crippen molar-refractivity contribution in [3.63, 3.8) is 0 Å². The van der Waals surface area contributed by atoms with E-state index < -0.39 is 0 Å². The highest BCUT2D eigenvalue weighted by Gasteiger charge is 2.09. The molecule has 0 heterocycles. The van der Waals surface area contributed by atoms with Crippen LogP contribution in [0.2, 0.25) is 0 Å². The van der Waals surface area contributed by atoms with Gasteiger partial charge in [0, 0.05) is 13.2 Å². The minimum atomic E-state index is 0.196. The molecule has 0 saturated heterocycles. The molecule has 0 aliphatic rings. The summed E-state index contributed by atoms with van der Waals surface area (Å²) < 4.78 is 10.8. The molecule has 1 unspecified atom stereocenters. The van der Waals surface area contributed by atoms with Crippen LogP contribution in [0.5, 0.6) is 5.75 Å². The van der Waals surface area contributed by atoms with Crippen molar-refractivity contribution in [3.8, 4) is 5.75 Å². The molecule has 0 radical (unpaired) electrons. The first kappa shape index (κ1) is 15.0. The lowest BCUT2D eigenvalue weighted by molar-refractivity contribution is 0.202. The fourth-order valence-electron chi connectivity index (χ4n) is 1.89. The van der Waals surface area contributed by atoms with E-state index in [0.717, 1.165) is 31.6 Å². The van der Waals surface area contributed by atoms with E-state index >= 15 is 0 Å². The van der Waals surface area contributed by atoms with E-state index in [-0.39, 0.29) is 6.04 Å². The van der Waals surface area contributed by atoms with Gasteiger partial charge in [-0.1, -0.05) is 19.1 Å². The third-order valence-electron chi connectivity index (χ3n) is 3.03. The lowest BCUT2D eigenvalue weighted by Gasteiger charge is -2.15. The fraction of sp³-hybridized carbons (Fsp3) is 0.600. The van der Waals surface area contributed by atoms with Crippen molar-refractivity contribution in [3.05, 3.63) is 29.3 Å². The average Bonchev–Trinajstić information content (AvgIpc) is 2.39. The fourth-order valence-corrected chi connectivity index (χ4v) is 1.89. The summed E-state index contributed by atoms with van der Waals surface area (Å²) >= 11 is 0. The Balaban J connectivity index is 2.84. The molecule has 0 saturated carbocycles. The molecule has 2 N–H and O–H groups in total. The molecule has 0 aliphatic heterocycles. The summed E-state index contributed by atoms with van der Waals surface area (Å²) in [5.41, 5.74) is 8.52. The second kappa shape index (κ2) is 8.11. The number of rotatable bonds is 8. The maximum absolute atomic E-state index is 6.04. The zero-order valence-corrected chi connectivity index (χ0v) is 11.7. The van der Waals surface area contributed by atoms with Crippen LogP contribution in [0.25, 0.3) is 0 Å². The largest absolute Gasteiger partial charge is 0.494 e. The third kappa shape index (κ3) is 4.67. The molecular weight excluding hydrogens is 226 g/mol. The van der Waals surface area contributed by atoms with Crippen LogP contribution in [0.4, 0.5) is 0 Å². The normalized spacial score (nSPS) is 12.4. The Morgan fingerprint density at radius 2 is 2.06 bits per heavy atom. The Labute approximate surface area is 110 Å². The van der Waals surface area contributed by atoms with Crippen molar-refractivity contribution in [1.82, 2.24) is 0 Å². The van der Waals surface area contributed by atoms with Crippen LogP contribution in [-0.2, 0) is 17.6 Å². The monoisotopic (exact) mass is 251 g/mol. The van der Waals surface area contributed by atoms with E-state index in [9.17, 15) is 0 Å². The first-order valence-corrected chi connectivity index (χ1v) is 6.70. The summed E-state index contributed by atoms with van der Waals surface area (Å²) in [6.45, 7) is 5.54. The molecule has 3 heteroatoms. The van der Waals surface area contributed by atoms with Crippen molar-refractivity contribution in [2.24, 2.45) is 5.73 Å². The molecule has 0 amide bonds. The van der Waals surface area contributed by atoms with Gasteiger partial charge >= 0.3 is 0 Å². The van der Waals surface area contributed by atoms with Crippen LogP contribution in [-0.4, -0.2) is 26.4 Å². The average molecular weight is 251 g/mol. The lowest BCUT2D eigenvalue weighted by Crippen LogP contribution is -2.22. The van der Waals surface area contributed by atoms with Crippen LogP contribution < -0.4 is 10.5 Å². The maximum Gasteiger partial charge on any atom is 0.122 e. The van der Waals surface area contributed by atoms with Gasteiger partial charge in [-0.05, 0) is 43.4 Å². The van der Waals surface area contributed by atoms with Crippen molar-refractivity contribution in [2.75, 3.05) is 20.3 Å². The molecule has 1 rings (SSSR count). The van der Waals surface area contributed by atoms with Gasteiger partial charge in [-0.25, -0.2) is 0 Å². The van der Waals surface area contributed by atoms with Gasteiger partial charge in [-0.15, -0.1) is 0 Å². The van der Waals surface area contributed by atoms with Gasteiger partial charge in [-0.2, -0.15) is 0 Å². The summed E-state index contributed by atoms with van der Waals surface area (Å²) in [4.78, 5) is 0. The minimum absolute atomic E-state index is 0.196. The summed E-state index contributed by atoms with van der Waals surface area (Å²) in [6.07, 6.45) is 2.78. The smallest absolute Gasteiger partial charge is 0.122 e. The first-order valence-electron chi connectivity index (χ1n) is 6.70. The molecule has 18 heavy (non-hydrogen) atoms. The molecule has 1 aromatic rings. The van der Waals surface area contributed by atoms with E-state index in [4.69, 9.17) is 15.2 Å². The standard InChI is InChI=1S/C15H25NO2/c1-4-14(16)11-13-10-12(8-9-17-3)6-7-15(13)18-5-2/h6-7,10,14H,4-5,8-9,11,16H2,1-3H3. The Morgan fingerprint density at radius 3 is 2.67 bits per heavy atom. The minimum Gasteiger partial charge on any atom is -0.494 e. The first-order chi connectivity index (χ1) is 8.71. The molecule has 0 fully saturated rings. The number of methoxy groups -OCH3 is 1. The van der Waals surface area contributed by atoms with Crippen LogP contribution in [0.3, 0.4) is 0 Å². The second-order valence-electron chi connectivity index (χ2n) is 4.49. The van der Waals surface area contributed by atoms with E-state index in [1.54, 1.807) is 7.11 Å². The number of ether oxygens (including phenoxy) is 2. The van der Waals surface area contributed by atoms with Crippen LogP contribution in [0.1, 0.15) is 31.4 Å². The molecule has 1 aromatic carbocycles. The van der Waals surface area contributed by atoms with E-state index in [2.05, 4.69) is 19.1 Å². The van der Waals surface area contributed by atoms with Gasteiger partial charge in [0.15, 0.2) is 0 Å². The van der Waals surface area contributed by atoms with Crippen LogP contribution >= 0.6 is 0 Å². The van der Waals surface area contributed by atoms with E-state index in [0.29, 0.717) is 6.61 Å². The highest BCUT2D eigenvalue weighted by molar-refractivity contribution is 5.38. The highest BCUT2D eigenvalue weighted by atomic mass is 16.5. The van der Waals surface area contributed by atoms with E-state index in [1.165, 1.54) is 11.1 Å². The molecule has 0 aliphatic carbocycles. The van der Waals surface area contributed by atoms with Crippen molar-refractivity contribution in [1.29, 1.82) is 0 Å². The Hall–Kier alpha value is -1.06. The van der Waals surface area contributed by atoms with Crippen molar-refractivity contribution >= 4 is 0 Å². The van der Waals surface area contributed by atoms with Crippen molar-refractivity contribution < 1.29 is 9.47 Å². The van der Waals surface area contributed by atoms with Crippen molar-refractivity contribution in [2.45, 2.75) is 39.2 Å². The lowest BCUT2D eigenvalue weighted by atomic mass is 10.0. The van der Waals surface area contributed by atoms with Crippen LogP contribution in [0, 0.1) is 0 Å². The van der Waals surface area contributed by atoms with Gasteiger partial charge in [-0.3, -0.25) is 0 Å². The van der Waals surface area contributed by atoms with Gasteiger partial charge in [0.1, 0.15) is 5.75 Å². The number of hydrogen-bond donors (Lipinski definition) is 1. The summed E-state index contributed by atoms with van der Waals surface area (Å²) in [6, 6.07) is 6.54.